The van der Waals surface area contributed by atoms with Crippen molar-refractivity contribution in [2.24, 2.45) is 4.99 Å². The van der Waals surface area contributed by atoms with E-state index in [9.17, 15) is 13.2 Å². The summed E-state index contributed by atoms with van der Waals surface area (Å²) in [5.41, 5.74) is 1.41. The first-order chi connectivity index (χ1) is 12.3. The number of aryl methyl sites for hydroxylation is 2. The minimum absolute atomic E-state index is 0.173. The number of nitrogens with one attached hydrogen (secondary N) is 2. The third-order valence-corrected chi connectivity index (χ3v) is 3.51. The molecule has 0 spiro atoms. The van der Waals surface area contributed by atoms with E-state index in [4.69, 9.17) is 9.15 Å². The van der Waals surface area contributed by atoms with E-state index < -0.39 is 12.8 Å². The number of nitrogens with zero attached hydrogens (tertiary/aromatic N) is 2. The van der Waals surface area contributed by atoms with Gasteiger partial charge >= 0.3 is 6.18 Å². The van der Waals surface area contributed by atoms with Crippen LogP contribution in [-0.4, -0.2) is 30.8 Å². The predicted molar refractivity (Wildman–Crippen MR) is 91.0 cm³/mol. The number of aromatic nitrogens is 1. The minimum Gasteiger partial charge on any atom is -0.484 e. The van der Waals surface area contributed by atoms with Gasteiger partial charge in [0.2, 0.25) is 5.89 Å². The molecular weight excluding hydrogens is 349 g/mol. The van der Waals surface area contributed by atoms with Crippen LogP contribution in [0.15, 0.2) is 33.7 Å². The van der Waals surface area contributed by atoms with E-state index in [2.05, 4.69) is 20.6 Å². The Morgan fingerprint density at radius 3 is 2.50 bits per heavy atom. The van der Waals surface area contributed by atoms with Gasteiger partial charge in [-0.25, -0.2) is 4.98 Å². The van der Waals surface area contributed by atoms with Crippen LogP contribution < -0.4 is 15.4 Å². The Morgan fingerprint density at radius 1 is 1.19 bits per heavy atom. The molecule has 1 heterocycles. The van der Waals surface area contributed by atoms with Crippen molar-refractivity contribution in [3.63, 3.8) is 0 Å². The molecule has 2 rings (SSSR count). The third-order valence-electron chi connectivity index (χ3n) is 3.51. The average Bonchev–Trinajstić information content (AvgIpc) is 2.91. The van der Waals surface area contributed by atoms with Crippen LogP contribution in [0.5, 0.6) is 5.75 Å². The summed E-state index contributed by atoms with van der Waals surface area (Å²) in [5.74, 6) is 1.91. The van der Waals surface area contributed by atoms with Crippen LogP contribution in [0.2, 0.25) is 0 Å². The number of ether oxygens (including phenoxy) is 1. The molecular formula is C17H21F3N4O2. The summed E-state index contributed by atoms with van der Waals surface area (Å²) in [7, 11) is 1.59. The van der Waals surface area contributed by atoms with Gasteiger partial charge in [0.15, 0.2) is 12.6 Å². The highest BCUT2D eigenvalue weighted by atomic mass is 19.4. The van der Waals surface area contributed by atoms with Crippen molar-refractivity contribution < 1.29 is 22.3 Å². The number of guanidine groups is 1. The molecule has 0 fully saturated rings. The van der Waals surface area contributed by atoms with Gasteiger partial charge < -0.3 is 19.8 Å². The van der Waals surface area contributed by atoms with Crippen molar-refractivity contribution in [3.8, 4) is 5.75 Å². The molecule has 2 N–H and O–H groups in total. The van der Waals surface area contributed by atoms with Crippen molar-refractivity contribution in [2.45, 2.75) is 33.1 Å². The average molecular weight is 370 g/mol. The Labute approximate surface area is 149 Å². The first-order valence-corrected chi connectivity index (χ1v) is 7.93. The van der Waals surface area contributed by atoms with Crippen LogP contribution in [0.4, 0.5) is 13.2 Å². The lowest BCUT2D eigenvalue weighted by Gasteiger charge is -2.15. The molecule has 1 aromatic heterocycles. The second-order valence-electron chi connectivity index (χ2n) is 5.54. The molecule has 9 heteroatoms. The summed E-state index contributed by atoms with van der Waals surface area (Å²) < 4.78 is 47.4. The van der Waals surface area contributed by atoms with Crippen molar-refractivity contribution >= 4 is 5.96 Å². The highest BCUT2D eigenvalue weighted by molar-refractivity contribution is 5.79. The van der Waals surface area contributed by atoms with Gasteiger partial charge in [0.05, 0.1) is 12.2 Å². The molecule has 26 heavy (non-hydrogen) atoms. The van der Waals surface area contributed by atoms with Gasteiger partial charge in [-0.2, -0.15) is 13.2 Å². The molecule has 1 aromatic carbocycles. The van der Waals surface area contributed by atoms with Gasteiger partial charge in [0.1, 0.15) is 11.5 Å². The predicted octanol–water partition coefficient (Wildman–Crippen LogP) is 3.10. The van der Waals surface area contributed by atoms with Gasteiger partial charge in [-0.05, 0) is 19.9 Å². The van der Waals surface area contributed by atoms with Gasteiger partial charge in [-0.15, -0.1) is 0 Å². The number of oxazole rings is 1. The van der Waals surface area contributed by atoms with Crippen LogP contribution >= 0.6 is 0 Å². The van der Waals surface area contributed by atoms with Gasteiger partial charge in [-0.3, -0.25) is 4.99 Å². The first kappa shape index (κ1) is 19.6. The maximum atomic E-state index is 12.3. The SMILES string of the molecule is CN=C(NCc1nc(C)c(C)o1)NCc1ccccc1OCC(F)(F)F. The number of rotatable bonds is 6. The molecule has 0 bridgehead atoms. The normalized spacial score (nSPS) is 12.2. The highest BCUT2D eigenvalue weighted by Crippen LogP contribution is 2.22. The Bertz CT molecular complexity index is 737. The lowest BCUT2D eigenvalue weighted by atomic mass is 10.2. The summed E-state index contributed by atoms with van der Waals surface area (Å²) in [4.78, 5) is 8.32. The Kier molecular flexibility index (Phi) is 6.48. The van der Waals surface area contributed by atoms with Crippen molar-refractivity contribution in [3.05, 3.63) is 47.2 Å². The summed E-state index contributed by atoms with van der Waals surface area (Å²) in [6, 6.07) is 6.53. The number of alkyl halides is 3. The molecule has 6 nitrogen and oxygen atoms in total. The molecule has 2 aromatic rings. The van der Waals surface area contributed by atoms with Crippen LogP contribution in [0.25, 0.3) is 0 Å². The van der Waals surface area contributed by atoms with E-state index in [0.717, 1.165) is 11.5 Å². The second kappa shape index (κ2) is 8.59. The van der Waals surface area contributed by atoms with Crippen LogP contribution in [0, 0.1) is 13.8 Å². The van der Waals surface area contributed by atoms with Crippen molar-refractivity contribution in [1.29, 1.82) is 0 Å². The molecule has 0 atom stereocenters. The molecule has 0 saturated carbocycles. The number of hydrogen-bond acceptors (Lipinski definition) is 4. The summed E-state index contributed by atoms with van der Waals surface area (Å²) in [6.45, 7) is 2.93. The van der Waals surface area contributed by atoms with Crippen molar-refractivity contribution in [2.75, 3.05) is 13.7 Å². The smallest absolute Gasteiger partial charge is 0.422 e. The summed E-state index contributed by atoms with van der Waals surface area (Å²) in [5, 5.41) is 6.06. The van der Waals surface area contributed by atoms with E-state index in [0.29, 0.717) is 24.0 Å². The van der Waals surface area contributed by atoms with Crippen LogP contribution in [0.1, 0.15) is 22.9 Å². The van der Waals surface area contributed by atoms with Gasteiger partial charge in [-0.1, -0.05) is 18.2 Å². The van der Waals surface area contributed by atoms with E-state index in [-0.39, 0.29) is 12.3 Å². The molecule has 0 unspecified atom stereocenters. The fourth-order valence-corrected chi connectivity index (χ4v) is 2.12. The summed E-state index contributed by atoms with van der Waals surface area (Å²) in [6.07, 6.45) is -4.38. The highest BCUT2D eigenvalue weighted by Gasteiger charge is 2.28. The number of halogens is 3. The maximum absolute atomic E-state index is 12.3. The molecule has 0 aliphatic rings. The van der Waals surface area contributed by atoms with Gasteiger partial charge in [0, 0.05) is 19.2 Å². The first-order valence-electron chi connectivity index (χ1n) is 7.93. The molecule has 0 amide bonds. The van der Waals surface area contributed by atoms with E-state index in [1.54, 1.807) is 25.2 Å². The van der Waals surface area contributed by atoms with Gasteiger partial charge in [0.25, 0.3) is 0 Å². The molecule has 0 aliphatic heterocycles. The fraction of sp³-hybridized carbons (Fsp3) is 0.412. The molecule has 0 saturated heterocycles. The number of hydrogen-bond donors (Lipinski definition) is 2. The lowest BCUT2D eigenvalue weighted by molar-refractivity contribution is -0.153. The summed E-state index contributed by atoms with van der Waals surface area (Å²) >= 11 is 0. The van der Waals surface area contributed by atoms with E-state index in [1.807, 2.05) is 13.8 Å². The number of aliphatic imine (C=N–C) groups is 1. The lowest BCUT2D eigenvalue weighted by Crippen LogP contribution is -2.36. The Morgan fingerprint density at radius 2 is 1.88 bits per heavy atom. The monoisotopic (exact) mass is 370 g/mol. The fourth-order valence-electron chi connectivity index (χ4n) is 2.12. The number of benzene rings is 1. The quantitative estimate of drug-likeness (QED) is 0.604. The largest absolute Gasteiger partial charge is 0.484 e. The van der Waals surface area contributed by atoms with Crippen LogP contribution in [0.3, 0.4) is 0 Å². The van der Waals surface area contributed by atoms with E-state index in [1.165, 1.54) is 6.07 Å². The van der Waals surface area contributed by atoms with Crippen LogP contribution in [-0.2, 0) is 13.1 Å². The molecule has 0 radical (unpaired) electrons. The molecule has 0 aliphatic carbocycles. The zero-order valence-corrected chi connectivity index (χ0v) is 14.8. The zero-order chi connectivity index (χ0) is 19.2. The van der Waals surface area contributed by atoms with Crippen molar-refractivity contribution in [1.82, 2.24) is 15.6 Å². The number of para-hydroxylation sites is 1. The minimum atomic E-state index is -4.38. The standard InChI is InChI=1S/C17H21F3N4O2/c1-11-12(2)26-15(24-11)9-23-16(21-3)22-8-13-6-4-5-7-14(13)25-10-17(18,19)20/h4-7H,8-10H2,1-3H3,(H2,21,22,23). The maximum Gasteiger partial charge on any atom is 0.422 e. The zero-order valence-electron chi connectivity index (χ0n) is 14.8. The third kappa shape index (κ3) is 5.98. The topological polar surface area (TPSA) is 71.7 Å². The Hall–Kier alpha value is -2.71. The Balaban J connectivity index is 1.91. The molecule has 142 valence electrons. The van der Waals surface area contributed by atoms with E-state index >= 15 is 0 Å². The second-order valence-corrected chi connectivity index (χ2v) is 5.54.